The first-order chi connectivity index (χ1) is 7.96. The quantitative estimate of drug-likeness (QED) is 0.790. The third kappa shape index (κ3) is 4.77. The Morgan fingerprint density at radius 1 is 1.47 bits per heavy atom. The van der Waals surface area contributed by atoms with Crippen LogP contribution in [0.2, 0.25) is 5.15 Å². The van der Waals surface area contributed by atoms with Crippen molar-refractivity contribution in [1.29, 1.82) is 0 Å². The van der Waals surface area contributed by atoms with Crippen LogP contribution in [0.15, 0.2) is 10.8 Å². The molecule has 96 valence electrons. The molecule has 0 unspecified atom stereocenters. The highest BCUT2D eigenvalue weighted by atomic mass is 79.9. The van der Waals surface area contributed by atoms with E-state index in [9.17, 15) is 0 Å². The van der Waals surface area contributed by atoms with E-state index in [1.54, 1.807) is 0 Å². The van der Waals surface area contributed by atoms with Crippen LogP contribution in [0.4, 0.5) is 5.82 Å². The molecule has 4 nitrogen and oxygen atoms in total. The van der Waals surface area contributed by atoms with Gasteiger partial charge in [-0.15, -0.1) is 0 Å². The summed E-state index contributed by atoms with van der Waals surface area (Å²) in [6.07, 6.45) is 3.18. The number of rotatable bonds is 6. The molecule has 1 aromatic heterocycles. The van der Waals surface area contributed by atoms with Crippen molar-refractivity contribution in [1.82, 2.24) is 9.97 Å². The fourth-order valence-corrected chi connectivity index (χ4v) is 1.92. The van der Waals surface area contributed by atoms with Crippen LogP contribution in [-0.4, -0.2) is 28.2 Å². The van der Waals surface area contributed by atoms with Crippen LogP contribution in [0.1, 0.15) is 26.7 Å². The van der Waals surface area contributed by atoms with Gasteiger partial charge in [0.25, 0.3) is 0 Å². The molecule has 0 aromatic carbocycles. The smallest absolute Gasteiger partial charge is 0.148 e. The molecule has 0 saturated heterocycles. The Hall–Kier alpha value is -0.390. The summed E-state index contributed by atoms with van der Waals surface area (Å²) in [6.45, 7) is 5.28. The van der Waals surface area contributed by atoms with Gasteiger partial charge in [-0.3, -0.25) is 0 Å². The molecule has 0 amide bonds. The van der Waals surface area contributed by atoms with Crippen LogP contribution in [0.5, 0.6) is 0 Å². The van der Waals surface area contributed by atoms with Crippen LogP contribution >= 0.6 is 27.5 Å². The highest BCUT2D eigenvalue weighted by Gasteiger charge is 2.18. The zero-order chi connectivity index (χ0) is 12.9. The van der Waals surface area contributed by atoms with E-state index in [2.05, 4.69) is 45.1 Å². The lowest BCUT2D eigenvalue weighted by atomic mass is 9.88. The van der Waals surface area contributed by atoms with Crippen LogP contribution in [0.3, 0.4) is 0 Å². The number of hydrogen-bond acceptors (Lipinski definition) is 4. The molecule has 0 radical (unpaired) electrons. The molecule has 0 spiro atoms. The van der Waals surface area contributed by atoms with Gasteiger partial charge in [0.2, 0.25) is 0 Å². The van der Waals surface area contributed by atoms with Gasteiger partial charge < -0.3 is 10.4 Å². The Kier molecular flexibility index (Phi) is 5.62. The number of halogens is 2. The molecule has 0 fully saturated rings. The Labute approximate surface area is 115 Å². The predicted octanol–water partition coefficient (Wildman–Crippen LogP) is 3.10. The minimum atomic E-state index is 0.0968. The number of anilines is 1. The second-order valence-corrected chi connectivity index (χ2v) is 5.82. The fourth-order valence-electron chi connectivity index (χ4n) is 1.44. The number of nitrogens with zero attached hydrogens (tertiary/aromatic N) is 2. The average molecular weight is 323 g/mol. The van der Waals surface area contributed by atoms with Crippen LogP contribution in [0, 0.1) is 5.41 Å². The van der Waals surface area contributed by atoms with Gasteiger partial charge >= 0.3 is 0 Å². The van der Waals surface area contributed by atoms with E-state index in [0.717, 1.165) is 19.4 Å². The van der Waals surface area contributed by atoms with E-state index in [4.69, 9.17) is 16.7 Å². The molecular weight excluding hydrogens is 305 g/mol. The average Bonchev–Trinajstić information content (AvgIpc) is 2.29. The molecule has 0 atom stereocenters. The first kappa shape index (κ1) is 14.7. The molecule has 0 aliphatic rings. The third-order valence-corrected chi connectivity index (χ3v) is 3.76. The zero-order valence-corrected chi connectivity index (χ0v) is 12.3. The maximum absolute atomic E-state index is 8.83. The van der Waals surface area contributed by atoms with E-state index in [1.165, 1.54) is 6.33 Å². The minimum absolute atomic E-state index is 0.0968. The van der Waals surface area contributed by atoms with Gasteiger partial charge in [-0.2, -0.15) is 0 Å². The molecular formula is C11H17BrClN3O. The van der Waals surface area contributed by atoms with Crippen molar-refractivity contribution in [3.63, 3.8) is 0 Å². The Morgan fingerprint density at radius 3 is 2.82 bits per heavy atom. The van der Waals surface area contributed by atoms with Crippen molar-refractivity contribution < 1.29 is 5.11 Å². The Bertz CT molecular complexity index is 374. The molecule has 17 heavy (non-hydrogen) atoms. The van der Waals surface area contributed by atoms with Gasteiger partial charge in [-0.1, -0.05) is 25.4 Å². The molecule has 1 aromatic rings. The lowest BCUT2D eigenvalue weighted by Gasteiger charge is -2.25. The van der Waals surface area contributed by atoms with Crippen molar-refractivity contribution in [3.05, 3.63) is 16.0 Å². The summed E-state index contributed by atoms with van der Waals surface area (Å²) >= 11 is 9.22. The van der Waals surface area contributed by atoms with Gasteiger partial charge in [-0.25, -0.2) is 9.97 Å². The number of hydrogen-bond donors (Lipinski definition) is 2. The summed E-state index contributed by atoms with van der Waals surface area (Å²) in [5.74, 6) is 0.696. The van der Waals surface area contributed by atoms with E-state index < -0.39 is 0 Å². The largest absolute Gasteiger partial charge is 0.396 e. The Morgan fingerprint density at radius 2 is 2.18 bits per heavy atom. The molecule has 6 heteroatoms. The summed E-state index contributed by atoms with van der Waals surface area (Å²) in [5, 5.41) is 12.5. The molecule has 0 bridgehead atoms. The fraction of sp³-hybridized carbons (Fsp3) is 0.636. The highest BCUT2D eigenvalue weighted by Crippen LogP contribution is 2.28. The Balaban J connectivity index is 2.58. The van der Waals surface area contributed by atoms with Gasteiger partial charge in [0.15, 0.2) is 0 Å². The van der Waals surface area contributed by atoms with Crippen molar-refractivity contribution in [3.8, 4) is 0 Å². The van der Waals surface area contributed by atoms with Crippen molar-refractivity contribution in [2.45, 2.75) is 26.7 Å². The summed E-state index contributed by atoms with van der Waals surface area (Å²) in [5.41, 5.74) is 0.0968. The maximum Gasteiger partial charge on any atom is 0.148 e. The van der Waals surface area contributed by atoms with Crippen LogP contribution in [-0.2, 0) is 0 Å². The summed E-state index contributed by atoms with van der Waals surface area (Å²) in [4.78, 5) is 7.99. The monoisotopic (exact) mass is 321 g/mol. The molecule has 1 heterocycles. The second-order valence-electron chi connectivity index (χ2n) is 4.67. The topological polar surface area (TPSA) is 58.0 Å². The normalized spacial score (nSPS) is 11.6. The standard InChI is InChI=1S/C11H17BrClN3O/c1-11(2,4-3-5-17)6-14-10-8(12)9(13)15-7-16-10/h7,17H,3-6H2,1-2H3,(H,14,15,16). The third-order valence-electron chi connectivity index (χ3n) is 2.49. The first-order valence-electron chi connectivity index (χ1n) is 5.47. The van der Waals surface area contributed by atoms with Crippen molar-refractivity contribution in [2.24, 2.45) is 5.41 Å². The highest BCUT2D eigenvalue weighted by molar-refractivity contribution is 9.10. The number of aliphatic hydroxyl groups is 1. The second kappa shape index (κ2) is 6.52. The van der Waals surface area contributed by atoms with Crippen molar-refractivity contribution >= 4 is 33.3 Å². The van der Waals surface area contributed by atoms with E-state index in [1.807, 2.05) is 0 Å². The van der Waals surface area contributed by atoms with E-state index in [0.29, 0.717) is 15.4 Å². The van der Waals surface area contributed by atoms with Gasteiger partial charge in [0.1, 0.15) is 17.3 Å². The lowest BCUT2D eigenvalue weighted by Crippen LogP contribution is -2.24. The lowest BCUT2D eigenvalue weighted by molar-refractivity contribution is 0.248. The van der Waals surface area contributed by atoms with Crippen molar-refractivity contribution in [2.75, 3.05) is 18.5 Å². The molecule has 2 N–H and O–H groups in total. The van der Waals surface area contributed by atoms with Crippen LogP contribution in [0.25, 0.3) is 0 Å². The summed E-state index contributed by atoms with van der Waals surface area (Å²) < 4.78 is 0.680. The molecule has 1 rings (SSSR count). The van der Waals surface area contributed by atoms with Crippen LogP contribution < -0.4 is 5.32 Å². The minimum Gasteiger partial charge on any atom is -0.396 e. The van der Waals surface area contributed by atoms with E-state index in [-0.39, 0.29) is 12.0 Å². The zero-order valence-electron chi connectivity index (χ0n) is 10.0. The summed E-state index contributed by atoms with van der Waals surface area (Å²) in [7, 11) is 0. The van der Waals surface area contributed by atoms with Gasteiger partial charge in [0, 0.05) is 13.2 Å². The van der Waals surface area contributed by atoms with Gasteiger partial charge in [0.05, 0.1) is 4.47 Å². The number of nitrogens with one attached hydrogen (secondary N) is 1. The predicted molar refractivity (Wildman–Crippen MR) is 73.3 cm³/mol. The number of aromatic nitrogens is 2. The molecule has 0 aliphatic carbocycles. The van der Waals surface area contributed by atoms with Gasteiger partial charge in [-0.05, 0) is 34.2 Å². The molecule has 0 saturated carbocycles. The first-order valence-corrected chi connectivity index (χ1v) is 6.64. The summed E-state index contributed by atoms with van der Waals surface area (Å²) in [6, 6.07) is 0. The molecule has 0 aliphatic heterocycles. The van der Waals surface area contributed by atoms with E-state index >= 15 is 0 Å². The number of aliphatic hydroxyl groups excluding tert-OH is 1. The SMILES string of the molecule is CC(C)(CCCO)CNc1ncnc(Cl)c1Br. The maximum atomic E-state index is 8.83.